The molecule has 0 spiro atoms. The third-order valence-corrected chi connectivity index (χ3v) is 2.28. The van der Waals surface area contributed by atoms with Crippen LogP contribution in [-0.4, -0.2) is 6.29 Å². The van der Waals surface area contributed by atoms with Crippen molar-refractivity contribution in [1.82, 2.24) is 0 Å². The molecular weight excluding hydrogens is 136 g/mol. The van der Waals surface area contributed by atoms with E-state index < -0.39 is 0 Å². The first-order valence-corrected chi connectivity index (χ1v) is 4.71. The van der Waals surface area contributed by atoms with E-state index in [1.807, 2.05) is 6.92 Å². The molecule has 1 nitrogen and oxygen atoms in total. The normalized spacial score (nSPS) is 13.5. The summed E-state index contributed by atoms with van der Waals surface area (Å²) in [5, 5.41) is 0. The molecule has 0 bridgehead atoms. The Bertz CT molecular complexity index is 93.0. The molecule has 0 rings (SSSR count). The smallest absolute Gasteiger partial charge is 0.123 e. The fourth-order valence-corrected chi connectivity index (χ4v) is 1.52. The number of aldehydes is 1. The zero-order valence-electron chi connectivity index (χ0n) is 7.97. The van der Waals surface area contributed by atoms with Crippen LogP contribution in [0.1, 0.15) is 46.5 Å². The molecule has 0 amide bonds. The zero-order chi connectivity index (χ0) is 8.69. The van der Waals surface area contributed by atoms with Crippen molar-refractivity contribution in [3.8, 4) is 0 Å². The Hall–Kier alpha value is -0.330. The summed E-state index contributed by atoms with van der Waals surface area (Å²) in [5.41, 5.74) is 0. The van der Waals surface area contributed by atoms with Crippen LogP contribution in [0.2, 0.25) is 0 Å². The van der Waals surface area contributed by atoms with E-state index in [1.54, 1.807) is 0 Å². The van der Waals surface area contributed by atoms with Crippen LogP contribution >= 0.6 is 0 Å². The predicted octanol–water partition coefficient (Wildman–Crippen LogP) is 3.04. The van der Waals surface area contributed by atoms with Crippen LogP contribution in [0, 0.1) is 11.8 Å². The van der Waals surface area contributed by atoms with Crippen molar-refractivity contribution in [1.29, 1.82) is 0 Å². The number of hydrogen-bond acceptors (Lipinski definition) is 1. The second kappa shape index (κ2) is 6.38. The lowest BCUT2D eigenvalue weighted by atomic mass is 9.87. The lowest BCUT2D eigenvalue weighted by Gasteiger charge is -2.17. The minimum absolute atomic E-state index is 0.259. The van der Waals surface area contributed by atoms with E-state index in [0.29, 0.717) is 5.92 Å². The first-order valence-electron chi connectivity index (χ1n) is 4.71. The van der Waals surface area contributed by atoms with E-state index in [4.69, 9.17) is 0 Å². The second-order valence-electron chi connectivity index (χ2n) is 3.33. The number of carbonyl (C=O) groups excluding carboxylic acids is 1. The van der Waals surface area contributed by atoms with E-state index in [-0.39, 0.29) is 5.92 Å². The van der Waals surface area contributed by atoms with Crippen LogP contribution in [0.25, 0.3) is 0 Å². The number of rotatable bonds is 6. The van der Waals surface area contributed by atoms with Gasteiger partial charge in [0, 0.05) is 5.92 Å². The quantitative estimate of drug-likeness (QED) is 0.540. The molecule has 0 fully saturated rings. The molecule has 0 aromatic rings. The van der Waals surface area contributed by atoms with Gasteiger partial charge in [0.15, 0.2) is 0 Å². The van der Waals surface area contributed by atoms with E-state index in [0.717, 1.165) is 6.29 Å². The van der Waals surface area contributed by atoms with E-state index in [2.05, 4.69) is 13.8 Å². The zero-order valence-corrected chi connectivity index (χ0v) is 7.97. The maximum atomic E-state index is 10.5. The molecule has 0 saturated heterocycles. The minimum atomic E-state index is 0.259. The van der Waals surface area contributed by atoms with Crippen LogP contribution in [-0.2, 0) is 4.79 Å². The van der Waals surface area contributed by atoms with Gasteiger partial charge < -0.3 is 4.79 Å². The Kier molecular flexibility index (Phi) is 6.19. The number of carbonyl (C=O) groups is 1. The molecular formula is C10H20O. The maximum absolute atomic E-state index is 10.5. The van der Waals surface area contributed by atoms with Gasteiger partial charge in [-0.2, -0.15) is 0 Å². The molecule has 1 unspecified atom stereocenters. The Balaban J connectivity index is 3.75. The van der Waals surface area contributed by atoms with Crippen molar-refractivity contribution in [3.05, 3.63) is 0 Å². The number of hydrogen-bond donors (Lipinski definition) is 0. The van der Waals surface area contributed by atoms with Gasteiger partial charge in [-0.3, -0.25) is 0 Å². The second-order valence-corrected chi connectivity index (χ2v) is 3.33. The van der Waals surface area contributed by atoms with Gasteiger partial charge in [-0.05, 0) is 5.92 Å². The van der Waals surface area contributed by atoms with Crippen LogP contribution in [0.3, 0.4) is 0 Å². The highest BCUT2D eigenvalue weighted by Gasteiger charge is 2.13. The molecule has 0 N–H and O–H groups in total. The third kappa shape index (κ3) is 4.18. The monoisotopic (exact) mass is 156 g/mol. The largest absolute Gasteiger partial charge is 0.303 e. The average molecular weight is 156 g/mol. The predicted molar refractivity (Wildman–Crippen MR) is 48.5 cm³/mol. The minimum Gasteiger partial charge on any atom is -0.303 e. The summed E-state index contributed by atoms with van der Waals surface area (Å²) < 4.78 is 0. The molecule has 0 aromatic heterocycles. The van der Waals surface area contributed by atoms with Crippen molar-refractivity contribution in [2.45, 2.75) is 46.5 Å². The molecule has 1 heteroatoms. The Morgan fingerprint density at radius 2 is 1.64 bits per heavy atom. The first kappa shape index (κ1) is 10.7. The van der Waals surface area contributed by atoms with Crippen molar-refractivity contribution in [3.63, 3.8) is 0 Å². The van der Waals surface area contributed by atoms with E-state index in [9.17, 15) is 4.79 Å². The molecule has 0 aliphatic rings. The summed E-state index contributed by atoms with van der Waals surface area (Å²) in [6.07, 6.45) is 5.89. The molecule has 0 heterocycles. The van der Waals surface area contributed by atoms with Gasteiger partial charge in [0.2, 0.25) is 0 Å². The maximum Gasteiger partial charge on any atom is 0.123 e. The van der Waals surface area contributed by atoms with E-state index in [1.165, 1.54) is 25.7 Å². The van der Waals surface area contributed by atoms with Crippen molar-refractivity contribution >= 4 is 6.29 Å². The third-order valence-electron chi connectivity index (χ3n) is 2.28. The molecule has 1 atom stereocenters. The molecule has 0 saturated carbocycles. The van der Waals surface area contributed by atoms with Crippen molar-refractivity contribution in [2.24, 2.45) is 11.8 Å². The fraction of sp³-hybridized carbons (Fsp3) is 0.900. The van der Waals surface area contributed by atoms with E-state index >= 15 is 0 Å². The molecule has 0 radical (unpaired) electrons. The molecule has 11 heavy (non-hydrogen) atoms. The van der Waals surface area contributed by atoms with Gasteiger partial charge in [0.25, 0.3) is 0 Å². The Morgan fingerprint density at radius 3 is 1.91 bits per heavy atom. The summed E-state index contributed by atoms with van der Waals surface area (Å²) in [6.45, 7) is 6.39. The van der Waals surface area contributed by atoms with Gasteiger partial charge in [-0.25, -0.2) is 0 Å². The molecule has 0 aromatic carbocycles. The standard InChI is InChI=1S/C10H20O/c1-4-6-10(7-5-2)9(3)8-11/h8-10H,4-7H2,1-3H3. The van der Waals surface area contributed by atoms with Gasteiger partial charge in [0.05, 0.1) is 0 Å². The lowest BCUT2D eigenvalue weighted by Crippen LogP contribution is -2.12. The molecule has 0 aliphatic heterocycles. The summed E-state index contributed by atoms with van der Waals surface area (Å²) in [6, 6.07) is 0. The van der Waals surface area contributed by atoms with Crippen molar-refractivity contribution < 1.29 is 4.79 Å². The summed E-state index contributed by atoms with van der Waals surface area (Å²) in [5.74, 6) is 0.886. The van der Waals surface area contributed by atoms with Crippen LogP contribution in [0.4, 0.5) is 0 Å². The topological polar surface area (TPSA) is 17.1 Å². The van der Waals surface area contributed by atoms with Crippen molar-refractivity contribution in [2.75, 3.05) is 0 Å². The summed E-state index contributed by atoms with van der Waals surface area (Å²) in [4.78, 5) is 10.5. The van der Waals surface area contributed by atoms with Gasteiger partial charge in [-0.15, -0.1) is 0 Å². The van der Waals surface area contributed by atoms with Crippen LogP contribution in [0.15, 0.2) is 0 Å². The Labute approximate surface area is 70.2 Å². The van der Waals surface area contributed by atoms with Gasteiger partial charge >= 0.3 is 0 Å². The molecule has 66 valence electrons. The highest BCUT2D eigenvalue weighted by Crippen LogP contribution is 2.20. The van der Waals surface area contributed by atoms with Gasteiger partial charge in [0.1, 0.15) is 6.29 Å². The first-order chi connectivity index (χ1) is 5.26. The highest BCUT2D eigenvalue weighted by atomic mass is 16.1. The molecule has 0 aliphatic carbocycles. The van der Waals surface area contributed by atoms with Crippen LogP contribution in [0.5, 0.6) is 0 Å². The highest BCUT2D eigenvalue weighted by molar-refractivity contribution is 5.53. The van der Waals surface area contributed by atoms with Gasteiger partial charge in [-0.1, -0.05) is 46.5 Å². The SMILES string of the molecule is CCCC(CCC)C(C)C=O. The summed E-state index contributed by atoms with van der Waals surface area (Å²) >= 11 is 0. The lowest BCUT2D eigenvalue weighted by molar-refractivity contribution is -0.112. The summed E-state index contributed by atoms with van der Waals surface area (Å²) in [7, 11) is 0. The Morgan fingerprint density at radius 1 is 1.18 bits per heavy atom. The van der Waals surface area contributed by atoms with Crippen LogP contribution < -0.4 is 0 Å². The fourth-order valence-electron chi connectivity index (χ4n) is 1.52. The average Bonchev–Trinajstić information content (AvgIpc) is 2.03.